The summed E-state index contributed by atoms with van der Waals surface area (Å²) in [4.78, 5) is 0. The van der Waals surface area contributed by atoms with Crippen molar-refractivity contribution in [1.29, 1.82) is 0 Å². The fourth-order valence-electron chi connectivity index (χ4n) is 2.61. The molecule has 0 amide bonds. The van der Waals surface area contributed by atoms with Gasteiger partial charge in [0.1, 0.15) is 13.1 Å². The Labute approximate surface area is 104 Å². The Balaban J connectivity index is 2.04. The van der Waals surface area contributed by atoms with E-state index in [0.29, 0.717) is 11.8 Å². The van der Waals surface area contributed by atoms with Gasteiger partial charge in [-0.25, -0.2) is 5.21 Å². The number of quaternary nitrogens is 1. The number of hydrogen-bond donors (Lipinski definition) is 1. The van der Waals surface area contributed by atoms with Crippen molar-refractivity contribution < 1.29 is 9.85 Å². The predicted molar refractivity (Wildman–Crippen MR) is 70.2 cm³/mol. The molecule has 2 nitrogen and oxygen atoms in total. The van der Waals surface area contributed by atoms with Gasteiger partial charge in [-0.05, 0) is 23.0 Å². The molecular weight excluding hydrogens is 210 g/mol. The van der Waals surface area contributed by atoms with Crippen LogP contribution in [-0.2, 0) is 0 Å². The van der Waals surface area contributed by atoms with Crippen LogP contribution in [0.4, 0.5) is 0 Å². The van der Waals surface area contributed by atoms with Gasteiger partial charge in [-0.3, -0.25) is 0 Å². The maximum absolute atomic E-state index is 9.89. The molecule has 1 aliphatic heterocycles. The maximum Gasteiger partial charge on any atom is 0.109 e. The van der Waals surface area contributed by atoms with E-state index in [9.17, 15) is 5.21 Å². The van der Waals surface area contributed by atoms with Gasteiger partial charge in [0.15, 0.2) is 0 Å². The van der Waals surface area contributed by atoms with Crippen LogP contribution >= 0.6 is 0 Å². The second kappa shape index (κ2) is 4.79. The first-order chi connectivity index (χ1) is 7.98. The second-order valence-corrected chi connectivity index (χ2v) is 5.88. The van der Waals surface area contributed by atoms with Crippen molar-refractivity contribution in [2.75, 3.05) is 20.1 Å². The molecule has 1 aromatic rings. The smallest absolute Gasteiger partial charge is 0.109 e. The van der Waals surface area contributed by atoms with E-state index in [1.165, 1.54) is 11.1 Å². The lowest BCUT2D eigenvalue weighted by molar-refractivity contribution is -1.09. The summed E-state index contributed by atoms with van der Waals surface area (Å²) >= 11 is 0. The van der Waals surface area contributed by atoms with Crippen LogP contribution in [0.2, 0.25) is 0 Å². The predicted octanol–water partition coefficient (Wildman–Crippen LogP) is 3.52. The lowest BCUT2D eigenvalue weighted by Crippen LogP contribution is -2.46. The molecule has 0 aliphatic carbocycles. The van der Waals surface area contributed by atoms with Gasteiger partial charge in [0, 0.05) is 12.8 Å². The number of rotatable bonds is 2. The summed E-state index contributed by atoms with van der Waals surface area (Å²) in [5, 5.41) is 9.89. The van der Waals surface area contributed by atoms with Crippen LogP contribution in [0.1, 0.15) is 49.7 Å². The lowest BCUT2D eigenvalue weighted by Gasteiger charge is -2.33. The molecule has 1 aliphatic rings. The zero-order chi connectivity index (χ0) is 12.5. The summed E-state index contributed by atoms with van der Waals surface area (Å²) in [5.41, 5.74) is 2.85. The zero-order valence-corrected chi connectivity index (χ0v) is 11.2. The minimum absolute atomic E-state index is 0.195. The highest BCUT2D eigenvalue weighted by Crippen LogP contribution is 2.30. The van der Waals surface area contributed by atoms with Crippen molar-refractivity contribution in [3.05, 3.63) is 35.4 Å². The highest BCUT2D eigenvalue weighted by atomic mass is 16.5. The molecule has 94 valence electrons. The summed E-state index contributed by atoms with van der Waals surface area (Å²) in [6.07, 6.45) is 2.18. The largest absolute Gasteiger partial charge is 0.217 e. The molecule has 1 saturated heterocycles. The molecule has 17 heavy (non-hydrogen) atoms. The van der Waals surface area contributed by atoms with E-state index < -0.39 is 0 Å². The molecular formula is C15H24NO+. The Hall–Kier alpha value is -0.860. The Kier molecular flexibility index (Phi) is 3.55. The van der Waals surface area contributed by atoms with Crippen LogP contribution in [0.25, 0.3) is 0 Å². The normalized spacial score (nSPS) is 29.6. The molecule has 1 heterocycles. The summed E-state index contributed by atoms with van der Waals surface area (Å²) in [6, 6.07) is 9.04. The molecule has 2 rings (SSSR count). The van der Waals surface area contributed by atoms with Gasteiger partial charge in [0.2, 0.25) is 0 Å². The third kappa shape index (κ3) is 3.08. The number of nitrogens with zero attached hydrogens (tertiary/aromatic N) is 1. The van der Waals surface area contributed by atoms with Crippen molar-refractivity contribution in [2.45, 2.75) is 38.5 Å². The number of hydrogen-bond acceptors (Lipinski definition) is 1. The first-order valence-corrected chi connectivity index (χ1v) is 6.65. The van der Waals surface area contributed by atoms with Crippen molar-refractivity contribution in [3.63, 3.8) is 0 Å². The average Bonchev–Trinajstić information content (AvgIpc) is 2.29. The minimum Gasteiger partial charge on any atom is -0.217 e. The van der Waals surface area contributed by atoms with E-state index >= 15 is 0 Å². The fourth-order valence-corrected chi connectivity index (χ4v) is 2.61. The lowest BCUT2D eigenvalue weighted by atomic mass is 9.88. The fraction of sp³-hybridized carbons (Fsp3) is 0.600. The van der Waals surface area contributed by atoms with E-state index in [2.05, 4.69) is 38.1 Å². The zero-order valence-electron chi connectivity index (χ0n) is 11.2. The average molecular weight is 234 g/mol. The Morgan fingerprint density at radius 2 is 1.65 bits per heavy atom. The molecule has 1 fully saturated rings. The highest BCUT2D eigenvalue weighted by molar-refractivity contribution is 5.27. The van der Waals surface area contributed by atoms with E-state index in [-0.39, 0.29) is 4.65 Å². The molecule has 0 saturated carbocycles. The number of piperidine rings is 1. The van der Waals surface area contributed by atoms with Gasteiger partial charge in [0.05, 0.1) is 7.05 Å². The van der Waals surface area contributed by atoms with Crippen LogP contribution < -0.4 is 0 Å². The number of likely N-dealkylation sites (tertiary alicyclic amines) is 1. The highest BCUT2D eigenvalue weighted by Gasteiger charge is 2.29. The first kappa shape index (κ1) is 12.6. The maximum atomic E-state index is 9.89. The van der Waals surface area contributed by atoms with Gasteiger partial charge < -0.3 is 0 Å². The van der Waals surface area contributed by atoms with E-state index in [0.717, 1.165) is 25.9 Å². The number of benzene rings is 1. The van der Waals surface area contributed by atoms with Gasteiger partial charge >= 0.3 is 0 Å². The van der Waals surface area contributed by atoms with Crippen molar-refractivity contribution in [1.82, 2.24) is 0 Å². The van der Waals surface area contributed by atoms with Gasteiger partial charge in [-0.1, -0.05) is 38.1 Å². The molecule has 0 unspecified atom stereocenters. The third-order valence-corrected chi connectivity index (χ3v) is 3.99. The molecule has 2 heteroatoms. The van der Waals surface area contributed by atoms with E-state index in [1.54, 1.807) is 0 Å². The first-order valence-electron chi connectivity index (χ1n) is 6.65. The minimum atomic E-state index is 0.195. The topological polar surface area (TPSA) is 20.2 Å². The molecule has 0 atom stereocenters. The SMILES string of the molecule is CC(C)c1ccc(C2CC[N+](C)(O)CC2)cc1. The molecule has 0 spiro atoms. The van der Waals surface area contributed by atoms with Gasteiger partial charge in [0.25, 0.3) is 0 Å². The van der Waals surface area contributed by atoms with Crippen LogP contribution in [-0.4, -0.2) is 30.0 Å². The van der Waals surface area contributed by atoms with Crippen LogP contribution in [0.15, 0.2) is 24.3 Å². The van der Waals surface area contributed by atoms with Gasteiger partial charge in [-0.15, -0.1) is 0 Å². The molecule has 1 aromatic carbocycles. The summed E-state index contributed by atoms with van der Waals surface area (Å²) in [7, 11) is 1.90. The quantitative estimate of drug-likeness (QED) is 0.776. The van der Waals surface area contributed by atoms with Crippen molar-refractivity contribution in [2.24, 2.45) is 0 Å². The van der Waals surface area contributed by atoms with Crippen molar-refractivity contribution in [3.8, 4) is 0 Å². The van der Waals surface area contributed by atoms with Crippen LogP contribution in [0.3, 0.4) is 0 Å². The monoisotopic (exact) mass is 234 g/mol. The van der Waals surface area contributed by atoms with Gasteiger partial charge in [-0.2, -0.15) is 4.65 Å². The standard InChI is InChI=1S/C15H24NO/c1-12(2)13-4-6-14(7-5-13)15-8-10-16(3,17)11-9-15/h4-7,12,15,17H,8-11H2,1-3H3/q+1. The van der Waals surface area contributed by atoms with E-state index in [4.69, 9.17) is 0 Å². The molecule has 1 N–H and O–H groups in total. The summed E-state index contributed by atoms with van der Waals surface area (Å²) in [5.74, 6) is 1.24. The summed E-state index contributed by atoms with van der Waals surface area (Å²) < 4.78 is 0.195. The van der Waals surface area contributed by atoms with Crippen LogP contribution in [0, 0.1) is 0 Å². The Bertz CT molecular complexity index is 357. The van der Waals surface area contributed by atoms with E-state index in [1.807, 2.05) is 7.05 Å². The third-order valence-electron chi connectivity index (χ3n) is 3.99. The second-order valence-electron chi connectivity index (χ2n) is 5.88. The number of hydroxylamine groups is 3. The molecule has 0 aromatic heterocycles. The van der Waals surface area contributed by atoms with Crippen molar-refractivity contribution >= 4 is 0 Å². The Morgan fingerprint density at radius 3 is 2.12 bits per heavy atom. The molecule has 0 bridgehead atoms. The summed E-state index contributed by atoms with van der Waals surface area (Å²) in [6.45, 7) is 6.20. The Morgan fingerprint density at radius 1 is 1.12 bits per heavy atom. The molecule has 0 radical (unpaired) electrons. The van der Waals surface area contributed by atoms with Crippen LogP contribution in [0.5, 0.6) is 0 Å².